The lowest BCUT2D eigenvalue weighted by molar-refractivity contribution is 0.540. The molecule has 1 atom stereocenters. The molecule has 108 valence electrons. The molecule has 1 heterocycles. The Bertz CT molecular complexity index is 763. The summed E-state index contributed by atoms with van der Waals surface area (Å²) in [4.78, 5) is 0. The minimum Gasteiger partial charge on any atom is -0.461 e. The van der Waals surface area contributed by atoms with Crippen molar-refractivity contribution in [2.24, 2.45) is 5.73 Å². The number of aryl methyl sites for hydroxylation is 1. The summed E-state index contributed by atoms with van der Waals surface area (Å²) < 4.78 is 5.92. The predicted octanol–water partition coefficient (Wildman–Crippen LogP) is 4.89. The molecule has 1 unspecified atom stereocenters. The van der Waals surface area contributed by atoms with E-state index in [-0.39, 0.29) is 6.04 Å². The number of para-hydroxylation sites is 1. The third kappa shape index (κ3) is 2.82. The minimum absolute atomic E-state index is 0.0953. The zero-order chi connectivity index (χ0) is 14.8. The first-order chi connectivity index (χ1) is 10.2. The van der Waals surface area contributed by atoms with E-state index in [2.05, 4.69) is 19.1 Å². The SMILES string of the molecule is CCc1oc2ccccc2c1C(N)Cc1cccc(Cl)c1. The predicted molar refractivity (Wildman–Crippen MR) is 87.7 cm³/mol. The van der Waals surface area contributed by atoms with Crippen LogP contribution in [0.25, 0.3) is 11.0 Å². The fourth-order valence-corrected chi connectivity index (χ4v) is 3.02. The van der Waals surface area contributed by atoms with Crippen LogP contribution in [0.4, 0.5) is 0 Å². The Morgan fingerprint density at radius 3 is 2.71 bits per heavy atom. The molecule has 0 aliphatic heterocycles. The first-order valence-corrected chi connectivity index (χ1v) is 7.57. The van der Waals surface area contributed by atoms with Crippen molar-refractivity contribution in [1.82, 2.24) is 0 Å². The van der Waals surface area contributed by atoms with Gasteiger partial charge in [0.25, 0.3) is 0 Å². The van der Waals surface area contributed by atoms with Crippen molar-refractivity contribution in [3.63, 3.8) is 0 Å². The highest BCUT2D eigenvalue weighted by Crippen LogP contribution is 2.32. The van der Waals surface area contributed by atoms with E-state index in [0.29, 0.717) is 0 Å². The van der Waals surface area contributed by atoms with Crippen molar-refractivity contribution in [1.29, 1.82) is 0 Å². The minimum atomic E-state index is -0.0953. The van der Waals surface area contributed by atoms with E-state index in [1.807, 2.05) is 36.4 Å². The van der Waals surface area contributed by atoms with Crippen LogP contribution >= 0.6 is 11.6 Å². The Labute approximate surface area is 129 Å². The van der Waals surface area contributed by atoms with Gasteiger partial charge in [-0.3, -0.25) is 0 Å². The van der Waals surface area contributed by atoms with Crippen LogP contribution in [0, 0.1) is 0 Å². The van der Waals surface area contributed by atoms with Crippen LogP contribution in [0.1, 0.15) is 29.9 Å². The van der Waals surface area contributed by atoms with Crippen LogP contribution in [0.5, 0.6) is 0 Å². The average molecular weight is 300 g/mol. The van der Waals surface area contributed by atoms with Gasteiger partial charge in [0, 0.05) is 28.4 Å². The molecule has 0 bridgehead atoms. The maximum Gasteiger partial charge on any atom is 0.134 e. The third-order valence-corrected chi connectivity index (χ3v) is 3.98. The smallest absolute Gasteiger partial charge is 0.134 e. The van der Waals surface area contributed by atoms with E-state index in [9.17, 15) is 0 Å². The summed E-state index contributed by atoms with van der Waals surface area (Å²) in [6.07, 6.45) is 1.59. The summed E-state index contributed by atoms with van der Waals surface area (Å²) in [6.45, 7) is 2.09. The summed E-state index contributed by atoms with van der Waals surface area (Å²) in [6, 6.07) is 15.8. The van der Waals surface area contributed by atoms with E-state index < -0.39 is 0 Å². The van der Waals surface area contributed by atoms with Crippen LogP contribution in [0.2, 0.25) is 5.02 Å². The van der Waals surface area contributed by atoms with Crippen LogP contribution in [-0.2, 0) is 12.8 Å². The normalized spacial score (nSPS) is 12.7. The Morgan fingerprint density at radius 1 is 1.14 bits per heavy atom. The summed E-state index contributed by atoms with van der Waals surface area (Å²) >= 11 is 6.05. The lowest BCUT2D eigenvalue weighted by Crippen LogP contribution is -2.14. The van der Waals surface area contributed by atoms with E-state index in [1.165, 1.54) is 0 Å². The van der Waals surface area contributed by atoms with Gasteiger partial charge in [-0.15, -0.1) is 0 Å². The molecule has 0 spiro atoms. The topological polar surface area (TPSA) is 39.2 Å². The first-order valence-electron chi connectivity index (χ1n) is 7.19. The maximum atomic E-state index is 6.46. The lowest BCUT2D eigenvalue weighted by Gasteiger charge is -2.12. The zero-order valence-electron chi connectivity index (χ0n) is 12.0. The highest BCUT2D eigenvalue weighted by Gasteiger charge is 2.19. The van der Waals surface area contributed by atoms with Crippen molar-refractivity contribution >= 4 is 22.6 Å². The summed E-state index contributed by atoms with van der Waals surface area (Å²) in [5, 5.41) is 1.86. The Kier molecular flexibility index (Phi) is 4.00. The second-order valence-electron chi connectivity index (χ2n) is 5.23. The van der Waals surface area contributed by atoms with Gasteiger partial charge >= 0.3 is 0 Å². The Balaban J connectivity index is 1.99. The standard InChI is InChI=1S/C18H18ClNO/c1-2-16-18(14-8-3-4-9-17(14)21-16)15(20)11-12-6-5-7-13(19)10-12/h3-10,15H,2,11,20H2,1H3. The van der Waals surface area contributed by atoms with Gasteiger partial charge in [-0.25, -0.2) is 0 Å². The van der Waals surface area contributed by atoms with E-state index >= 15 is 0 Å². The highest BCUT2D eigenvalue weighted by atomic mass is 35.5. The summed E-state index contributed by atoms with van der Waals surface area (Å²) in [5.74, 6) is 0.978. The molecule has 0 radical (unpaired) electrons. The molecule has 0 saturated carbocycles. The molecule has 2 aromatic carbocycles. The average Bonchev–Trinajstić information content (AvgIpc) is 2.85. The number of nitrogens with two attached hydrogens (primary N) is 1. The van der Waals surface area contributed by atoms with Crippen LogP contribution < -0.4 is 5.73 Å². The summed E-state index contributed by atoms with van der Waals surface area (Å²) in [5.41, 5.74) is 9.63. The molecule has 2 nitrogen and oxygen atoms in total. The van der Waals surface area contributed by atoms with Crippen molar-refractivity contribution in [2.75, 3.05) is 0 Å². The van der Waals surface area contributed by atoms with Crippen molar-refractivity contribution < 1.29 is 4.42 Å². The molecule has 3 rings (SSSR count). The van der Waals surface area contributed by atoms with Crippen molar-refractivity contribution in [3.05, 3.63) is 70.4 Å². The molecule has 0 saturated heterocycles. The molecular formula is C18H18ClNO. The molecule has 21 heavy (non-hydrogen) atoms. The molecule has 0 amide bonds. The third-order valence-electron chi connectivity index (χ3n) is 3.75. The molecule has 0 aliphatic rings. The van der Waals surface area contributed by atoms with E-state index in [0.717, 1.165) is 45.7 Å². The van der Waals surface area contributed by atoms with Gasteiger partial charge in [0.05, 0.1) is 0 Å². The molecule has 0 fully saturated rings. The van der Waals surface area contributed by atoms with Gasteiger partial charge in [0.15, 0.2) is 0 Å². The van der Waals surface area contributed by atoms with Gasteiger partial charge < -0.3 is 10.2 Å². The number of fused-ring (bicyclic) bond motifs is 1. The van der Waals surface area contributed by atoms with Gasteiger partial charge in [-0.1, -0.05) is 48.9 Å². The Hall–Kier alpha value is -1.77. The number of benzene rings is 2. The van der Waals surface area contributed by atoms with Gasteiger partial charge in [-0.2, -0.15) is 0 Å². The molecule has 1 aromatic heterocycles. The Morgan fingerprint density at radius 2 is 1.95 bits per heavy atom. The van der Waals surface area contributed by atoms with Gasteiger partial charge in [0.2, 0.25) is 0 Å². The number of furan rings is 1. The van der Waals surface area contributed by atoms with E-state index in [4.69, 9.17) is 21.8 Å². The number of rotatable bonds is 4. The van der Waals surface area contributed by atoms with E-state index in [1.54, 1.807) is 0 Å². The molecule has 2 N–H and O–H groups in total. The van der Waals surface area contributed by atoms with Crippen molar-refractivity contribution in [3.8, 4) is 0 Å². The summed E-state index contributed by atoms with van der Waals surface area (Å²) in [7, 11) is 0. The molecule has 0 aliphatic carbocycles. The number of hydrogen-bond acceptors (Lipinski definition) is 2. The van der Waals surface area contributed by atoms with Gasteiger partial charge in [-0.05, 0) is 30.2 Å². The van der Waals surface area contributed by atoms with Crippen molar-refractivity contribution in [2.45, 2.75) is 25.8 Å². The monoisotopic (exact) mass is 299 g/mol. The highest BCUT2D eigenvalue weighted by molar-refractivity contribution is 6.30. The van der Waals surface area contributed by atoms with Crippen LogP contribution in [0.3, 0.4) is 0 Å². The van der Waals surface area contributed by atoms with Gasteiger partial charge in [0.1, 0.15) is 11.3 Å². The second-order valence-corrected chi connectivity index (χ2v) is 5.67. The molecule has 3 aromatic rings. The fraction of sp³-hybridized carbons (Fsp3) is 0.222. The van der Waals surface area contributed by atoms with Crippen LogP contribution in [0.15, 0.2) is 52.9 Å². The first kappa shape index (κ1) is 14.2. The lowest BCUT2D eigenvalue weighted by atomic mass is 9.96. The number of halogens is 1. The second kappa shape index (κ2) is 5.92. The fourth-order valence-electron chi connectivity index (χ4n) is 2.81. The quantitative estimate of drug-likeness (QED) is 0.745. The number of hydrogen-bond donors (Lipinski definition) is 1. The zero-order valence-corrected chi connectivity index (χ0v) is 12.7. The van der Waals surface area contributed by atoms with Crippen LogP contribution in [-0.4, -0.2) is 0 Å². The largest absolute Gasteiger partial charge is 0.461 e. The maximum absolute atomic E-state index is 6.46. The molecular weight excluding hydrogens is 282 g/mol. The molecule has 3 heteroatoms.